The van der Waals surface area contributed by atoms with Crippen molar-refractivity contribution in [2.24, 2.45) is 0 Å². The average Bonchev–Trinajstić information content (AvgIpc) is 3.29. The summed E-state index contributed by atoms with van der Waals surface area (Å²) in [5.74, 6) is -1.05. The minimum atomic E-state index is -0.625. The second-order valence-corrected chi connectivity index (χ2v) is 6.80. The number of carbonyl (C=O) groups excluding carboxylic acids is 4. The van der Waals surface area contributed by atoms with Gasteiger partial charge in [0.15, 0.2) is 12.4 Å². The summed E-state index contributed by atoms with van der Waals surface area (Å²) >= 11 is 0. The summed E-state index contributed by atoms with van der Waals surface area (Å²) in [5.41, 5.74) is 2.78. The fourth-order valence-electron chi connectivity index (χ4n) is 3.42. The van der Waals surface area contributed by atoms with Crippen LogP contribution in [0.5, 0.6) is 0 Å². The van der Waals surface area contributed by atoms with Gasteiger partial charge < -0.3 is 15.0 Å². The zero-order valence-corrected chi connectivity index (χ0v) is 15.1. The third-order valence-electron chi connectivity index (χ3n) is 4.85. The topological polar surface area (TPSA) is 92.8 Å². The lowest BCUT2D eigenvalue weighted by Gasteiger charge is -2.16. The van der Waals surface area contributed by atoms with Crippen molar-refractivity contribution in [1.82, 2.24) is 0 Å². The Hall–Kier alpha value is -3.48. The van der Waals surface area contributed by atoms with Crippen LogP contribution in [-0.2, 0) is 20.7 Å². The third-order valence-corrected chi connectivity index (χ3v) is 4.85. The number of benzene rings is 2. The van der Waals surface area contributed by atoms with Crippen LogP contribution in [0.25, 0.3) is 0 Å². The molecule has 0 aromatic heterocycles. The number of Topliss-reactive ketones (excluding diaryl/α,β-unsaturated/α-hetero) is 1. The molecule has 2 aromatic rings. The first-order valence-corrected chi connectivity index (χ1v) is 9.05. The number of ether oxygens (including phenoxy) is 1. The van der Waals surface area contributed by atoms with Crippen LogP contribution in [0.15, 0.2) is 42.5 Å². The largest absolute Gasteiger partial charge is 0.454 e. The van der Waals surface area contributed by atoms with Crippen LogP contribution in [0, 0.1) is 0 Å². The summed E-state index contributed by atoms with van der Waals surface area (Å²) in [6, 6.07) is 11.6. The Morgan fingerprint density at radius 3 is 2.71 bits per heavy atom. The van der Waals surface area contributed by atoms with Gasteiger partial charge in [-0.05, 0) is 48.4 Å². The molecule has 2 aliphatic rings. The number of esters is 1. The van der Waals surface area contributed by atoms with E-state index in [0.29, 0.717) is 29.9 Å². The van der Waals surface area contributed by atoms with Gasteiger partial charge in [0.05, 0.1) is 12.0 Å². The van der Waals surface area contributed by atoms with E-state index in [1.165, 1.54) is 0 Å². The Morgan fingerprint density at radius 2 is 1.93 bits per heavy atom. The molecule has 0 saturated carbocycles. The zero-order chi connectivity index (χ0) is 19.7. The van der Waals surface area contributed by atoms with Crippen molar-refractivity contribution in [3.8, 4) is 0 Å². The third kappa shape index (κ3) is 3.51. The second-order valence-electron chi connectivity index (χ2n) is 6.80. The molecule has 0 radical (unpaired) electrons. The maximum atomic E-state index is 12.3. The number of nitrogens with one attached hydrogen (secondary N) is 1. The Labute approximate surface area is 161 Å². The molecular weight excluding hydrogens is 360 g/mol. The molecule has 0 atom stereocenters. The van der Waals surface area contributed by atoms with Gasteiger partial charge in [-0.3, -0.25) is 14.4 Å². The van der Waals surface area contributed by atoms with E-state index in [1.54, 1.807) is 47.4 Å². The number of nitrogens with zero attached hydrogens (tertiary/aromatic N) is 1. The highest BCUT2D eigenvalue weighted by molar-refractivity contribution is 6.03. The maximum absolute atomic E-state index is 12.3. The lowest BCUT2D eigenvalue weighted by Crippen LogP contribution is -2.24. The molecule has 0 bridgehead atoms. The van der Waals surface area contributed by atoms with Gasteiger partial charge in [-0.2, -0.15) is 0 Å². The van der Waals surface area contributed by atoms with E-state index in [0.717, 1.165) is 12.0 Å². The number of ketones is 1. The monoisotopic (exact) mass is 378 g/mol. The van der Waals surface area contributed by atoms with Crippen LogP contribution >= 0.6 is 0 Å². The smallest absolute Gasteiger partial charge is 0.338 e. The maximum Gasteiger partial charge on any atom is 0.338 e. The Morgan fingerprint density at radius 1 is 1.07 bits per heavy atom. The van der Waals surface area contributed by atoms with Crippen molar-refractivity contribution in [2.75, 3.05) is 23.4 Å². The summed E-state index contributed by atoms with van der Waals surface area (Å²) in [4.78, 5) is 49.6. The molecule has 1 N–H and O–H groups in total. The number of fused-ring (bicyclic) bond motifs is 1. The molecule has 4 rings (SSSR count). The first kappa shape index (κ1) is 17.9. The fraction of sp³-hybridized carbons (Fsp3) is 0.238. The number of hydrogen-bond donors (Lipinski definition) is 1. The number of hydrogen-bond acceptors (Lipinski definition) is 5. The van der Waals surface area contributed by atoms with Gasteiger partial charge >= 0.3 is 5.97 Å². The Kier molecular flexibility index (Phi) is 4.65. The molecule has 1 saturated heterocycles. The van der Waals surface area contributed by atoms with Crippen molar-refractivity contribution < 1.29 is 23.9 Å². The van der Waals surface area contributed by atoms with Gasteiger partial charge in [-0.15, -0.1) is 0 Å². The minimum Gasteiger partial charge on any atom is -0.454 e. The van der Waals surface area contributed by atoms with E-state index in [1.807, 2.05) is 0 Å². The molecule has 2 aromatic carbocycles. The predicted octanol–water partition coefficient (Wildman–Crippen LogP) is 2.35. The van der Waals surface area contributed by atoms with E-state index in [4.69, 9.17) is 4.74 Å². The molecule has 7 nitrogen and oxygen atoms in total. The molecular formula is C21H18N2O5. The van der Waals surface area contributed by atoms with E-state index in [-0.39, 0.29) is 29.6 Å². The van der Waals surface area contributed by atoms with E-state index in [2.05, 4.69) is 5.32 Å². The van der Waals surface area contributed by atoms with Crippen molar-refractivity contribution >= 4 is 34.9 Å². The van der Waals surface area contributed by atoms with E-state index < -0.39 is 12.6 Å². The summed E-state index contributed by atoms with van der Waals surface area (Å²) in [6.45, 7) is 0.234. The summed E-state index contributed by atoms with van der Waals surface area (Å²) in [7, 11) is 0. The molecule has 0 aliphatic carbocycles. The summed E-state index contributed by atoms with van der Waals surface area (Å²) in [6.07, 6.45) is 1.53. The Balaban J connectivity index is 1.41. The first-order chi connectivity index (χ1) is 13.5. The first-order valence-electron chi connectivity index (χ1n) is 9.05. The standard InChI is InChI=1S/C21H18N2O5/c24-18(13-6-7-17-15(9-13)11-19(25)22-17)12-28-21(27)14-3-1-4-16(10-14)23-8-2-5-20(23)26/h1,3-4,6-7,9-10H,2,5,8,11-12H2,(H,22,25). The van der Waals surface area contributed by atoms with Crippen LogP contribution in [0.4, 0.5) is 11.4 Å². The quantitative estimate of drug-likeness (QED) is 0.637. The summed E-state index contributed by atoms with van der Waals surface area (Å²) in [5, 5.41) is 2.70. The van der Waals surface area contributed by atoms with Gasteiger partial charge in [0, 0.05) is 29.9 Å². The highest BCUT2D eigenvalue weighted by Gasteiger charge is 2.23. The zero-order valence-electron chi connectivity index (χ0n) is 15.1. The molecule has 28 heavy (non-hydrogen) atoms. The highest BCUT2D eigenvalue weighted by atomic mass is 16.5. The molecule has 7 heteroatoms. The summed E-state index contributed by atoms with van der Waals surface area (Å²) < 4.78 is 5.15. The molecule has 1 fully saturated rings. The molecule has 0 spiro atoms. The van der Waals surface area contributed by atoms with Crippen molar-refractivity contribution in [3.63, 3.8) is 0 Å². The SMILES string of the molecule is O=C1Cc2cc(C(=O)COC(=O)c3cccc(N4CCCC4=O)c3)ccc2N1. The van der Waals surface area contributed by atoms with E-state index in [9.17, 15) is 19.2 Å². The molecule has 0 unspecified atom stereocenters. The molecule has 2 heterocycles. The van der Waals surface area contributed by atoms with Crippen LogP contribution in [-0.4, -0.2) is 36.7 Å². The predicted molar refractivity (Wildman–Crippen MR) is 101 cm³/mol. The van der Waals surface area contributed by atoms with Crippen LogP contribution < -0.4 is 10.2 Å². The molecule has 2 aliphatic heterocycles. The van der Waals surface area contributed by atoms with Crippen molar-refractivity contribution in [1.29, 1.82) is 0 Å². The molecule has 142 valence electrons. The number of amides is 2. The van der Waals surface area contributed by atoms with E-state index >= 15 is 0 Å². The van der Waals surface area contributed by atoms with Crippen LogP contribution in [0.3, 0.4) is 0 Å². The lowest BCUT2D eigenvalue weighted by molar-refractivity contribution is -0.117. The van der Waals surface area contributed by atoms with Crippen molar-refractivity contribution in [2.45, 2.75) is 19.3 Å². The van der Waals surface area contributed by atoms with Gasteiger partial charge in [0.25, 0.3) is 0 Å². The molecule has 2 amide bonds. The van der Waals surface area contributed by atoms with Crippen molar-refractivity contribution in [3.05, 3.63) is 59.2 Å². The average molecular weight is 378 g/mol. The highest BCUT2D eigenvalue weighted by Crippen LogP contribution is 2.25. The van der Waals surface area contributed by atoms with Crippen LogP contribution in [0.1, 0.15) is 39.1 Å². The van der Waals surface area contributed by atoms with Crippen LogP contribution in [0.2, 0.25) is 0 Å². The number of rotatable bonds is 5. The fourth-order valence-corrected chi connectivity index (χ4v) is 3.42. The lowest BCUT2D eigenvalue weighted by atomic mass is 10.1. The van der Waals surface area contributed by atoms with Gasteiger partial charge in [-0.25, -0.2) is 4.79 Å². The van der Waals surface area contributed by atoms with Gasteiger partial charge in [-0.1, -0.05) is 6.07 Å². The second kappa shape index (κ2) is 7.26. The Bertz CT molecular complexity index is 998. The normalized spacial score (nSPS) is 15.4. The van der Waals surface area contributed by atoms with Gasteiger partial charge in [0.1, 0.15) is 0 Å². The number of anilines is 2. The van der Waals surface area contributed by atoms with Gasteiger partial charge in [0.2, 0.25) is 11.8 Å². The number of carbonyl (C=O) groups is 4. The minimum absolute atomic E-state index is 0.0327.